The Balaban J connectivity index is 1.65. The van der Waals surface area contributed by atoms with Crippen LogP contribution in [0, 0.1) is 11.8 Å². The Morgan fingerprint density at radius 3 is 2.27 bits per heavy atom. The van der Waals surface area contributed by atoms with E-state index in [1.54, 1.807) is 0 Å². The first-order valence-corrected chi connectivity index (χ1v) is 8.89. The average Bonchev–Trinajstić information content (AvgIpc) is 2.72. The van der Waals surface area contributed by atoms with Gasteiger partial charge in [0.05, 0.1) is 11.2 Å². The first kappa shape index (κ1) is 16.1. The van der Waals surface area contributed by atoms with E-state index in [1.807, 2.05) is 42.5 Å². The predicted octanol–water partition coefficient (Wildman–Crippen LogP) is 5.86. The molecule has 124 valence electrons. The van der Waals surface area contributed by atoms with E-state index in [0.29, 0.717) is 0 Å². The monoisotopic (exact) mass is 333 g/mol. The van der Waals surface area contributed by atoms with E-state index in [1.165, 1.54) is 5.56 Å². The number of pyridine rings is 1. The van der Waals surface area contributed by atoms with Crippen molar-refractivity contribution >= 4 is 10.9 Å². The maximum Gasteiger partial charge on any atom is 0.0710 e. The summed E-state index contributed by atoms with van der Waals surface area (Å²) in [4.78, 5) is 4.81. The van der Waals surface area contributed by atoms with Crippen molar-refractivity contribution in [2.45, 2.75) is 13.3 Å². The van der Waals surface area contributed by atoms with Crippen LogP contribution in [0.3, 0.4) is 0 Å². The molecule has 0 amide bonds. The molecule has 0 saturated heterocycles. The van der Waals surface area contributed by atoms with Crippen LogP contribution < -0.4 is 0 Å². The van der Waals surface area contributed by atoms with Gasteiger partial charge in [0.15, 0.2) is 0 Å². The SMILES string of the molecule is CCc1ccc(-c2ccc3cc(C#Cc4ccccc4)ccc3n2)cc1. The second-order valence-corrected chi connectivity index (χ2v) is 6.27. The number of hydrogen-bond acceptors (Lipinski definition) is 1. The van der Waals surface area contributed by atoms with Crippen LogP contribution in [0.1, 0.15) is 23.6 Å². The maximum absolute atomic E-state index is 4.81. The van der Waals surface area contributed by atoms with Gasteiger partial charge >= 0.3 is 0 Å². The molecule has 0 aliphatic carbocycles. The van der Waals surface area contributed by atoms with Crippen molar-refractivity contribution in [3.8, 4) is 23.1 Å². The molecule has 1 nitrogen and oxygen atoms in total. The van der Waals surface area contributed by atoms with Gasteiger partial charge in [-0.05, 0) is 48.4 Å². The largest absolute Gasteiger partial charge is 0.248 e. The third-order valence-electron chi connectivity index (χ3n) is 4.47. The van der Waals surface area contributed by atoms with Crippen molar-refractivity contribution in [3.05, 3.63) is 102 Å². The zero-order valence-corrected chi connectivity index (χ0v) is 14.7. The highest BCUT2D eigenvalue weighted by Gasteiger charge is 2.02. The average molecular weight is 333 g/mol. The minimum absolute atomic E-state index is 0.993. The van der Waals surface area contributed by atoms with Crippen LogP contribution >= 0.6 is 0 Å². The zero-order chi connectivity index (χ0) is 17.8. The van der Waals surface area contributed by atoms with Gasteiger partial charge in [-0.1, -0.05) is 67.3 Å². The van der Waals surface area contributed by atoms with Crippen LogP contribution in [0.2, 0.25) is 0 Å². The molecule has 0 radical (unpaired) electrons. The Bertz CT molecular complexity index is 1100. The van der Waals surface area contributed by atoms with Gasteiger partial charge in [0.25, 0.3) is 0 Å². The Kier molecular flexibility index (Phi) is 4.50. The fourth-order valence-corrected chi connectivity index (χ4v) is 2.94. The number of rotatable bonds is 2. The Hall–Kier alpha value is -3.37. The molecule has 1 aromatic heterocycles. The lowest BCUT2D eigenvalue weighted by Crippen LogP contribution is -1.87. The minimum atomic E-state index is 0.993. The molecular formula is C25H19N. The van der Waals surface area contributed by atoms with Crippen LogP contribution in [0.5, 0.6) is 0 Å². The van der Waals surface area contributed by atoms with Crippen LogP contribution in [-0.2, 0) is 6.42 Å². The third-order valence-corrected chi connectivity index (χ3v) is 4.47. The van der Waals surface area contributed by atoms with Gasteiger partial charge in [-0.2, -0.15) is 0 Å². The quantitative estimate of drug-likeness (QED) is 0.418. The van der Waals surface area contributed by atoms with Gasteiger partial charge in [-0.3, -0.25) is 0 Å². The zero-order valence-electron chi connectivity index (χ0n) is 14.7. The van der Waals surface area contributed by atoms with Gasteiger partial charge in [0.2, 0.25) is 0 Å². The summed E-state index contributed by atoms with van der Waals surface area (Å²) >= 11 is 0. The number of hydrogen-bond donors (Lipinski definition) is 0. The first-order valence-electron chi connectivity index (χ1n) is 8.89. The van der Waals surface area contributed by atoms with Gasteiger partial charge in [0, 0.05) is 22.1 Å². The standard InChI is InChI=1S/C25H19N/c1-2-19-10-13-22(14-11-19)24-17-15-23-18-21(12-16-25(23)26-24)9-8-20-6-4-3-5-7-20/h3-7,10-18H,2H2,1H3. The van der Waals surface area contributed by atoms with Crippen molar-refractivity contribution in [1.82, 2.24) is 4.98 Å². The van der Waals surface area contributed by atoms with E-state index in [2.05, 4.69) is 61.2 Å². The summed E-state index contributed by atoms with van der Waals surface area (Å²) in [5.41, 5.74) is 6.52. The molecular weight excluding hydrogens is 314 g/mol. The summed E-state index contributed by atoms with van der Waals surface area (Å²) in [7, 11) is 0. The van der Waals surface area contributed by atoms with E-state index < -0.39 is 0 Å². The second kappa shape index (κ2) is 7.25. The van der Waals surface area contributed by atoms with Gasteiger partial charge in [-0.15, -0.1) is 0 Å². The van der Waals surface area contributed by atoms with Gasteiger partial charge in [-0.25, -0.2) is 4.98 Å². The molecule has 1 heteroatoms. The molecule has 0 spiro atoms. The minimum Gasteiger partial charge on any atom is -0.248 e. The number of aryl methyl sites for hydroxylation is 1. The van der Waals surface area contributed by atoms with Crippen molar-refractivity contribution in [2.75, 3.05) is 0 Å². The highest BCUT2D eigenvalue weighted by Crippen LogP contribution is 2.22. The lowest BCUT2D eigenvalue weighted by molar-refractivity contribution is 1.14. The fraction of sp³-hybridized carbons (Fsp3) is 0.0800. The lowest BCUT2D eigenvalue weighted by Gasteiger charge is -2.05. The van der Waals surface area contributed by atoms with E-state index in [-0.39, 0.29) is 0 Å². The molecule has 0 saturated carbocycles. The topological polar surface area (TPSA) is 12.9 Å². The third kappa shape index (κ3) is 3.50. The summed E-state index contributed by atoms with van der Waals surface area (Å²) in [5.74, 6) is 6.44. The molecule has 4 rings (SSSR count). The van der Waals surface area contributed by atoms with E-state index >= 15 is 0 Å². The van der Waals surface area contributed by atoms with E-state index in [4.69, 9.17) is 4.98 Å². The van der Waals surface area contributed by atoms with Crippen molar-refractivity contribution in [2.24, 2.45) is 0 Å². The number of aromatic nitrogens is 1. The predicted molar refractivity (Wildman–Crippen MR) is 109 cm³/mol. The van der Waals surface area contributed by atoms with Gasteiger partial charge in [0.1, 0.15) is 0 Å². The van der Waals surface area contributed by atoms with Crippen LogP contribution in [0.15, 0.2) is 84.9 Å². The lowest BCUT2D eigenvalue weighted by atomic mass is 10.1. The molecule has 0 unspecified atom stereocenters. The molecule has 0 aliphatic rings. The number of benzene rings is 3. The fourth-order valence-electron chi connectivity index (χ4n) is 2.94. The summed E-state index contributed by atoms with van der Waals surface area (Å²) < 4.78 is 0. The maximum atomic E-state index is 4.81. The van der Waals surface area contributed by atoms with Crippen molar-refractivity contribution < 1.29 is 0 Å². The summed E-state index contributed by atoms with van der Waals surface area (Å²) in [5, 5.41) is 1.11. The molecule has 0 fully saturated rings. The molecule has 0 bridgehead atoms. The molecule has 0 aliphatic heterocycles. The van der Waals surface area contributed by atoms with Crippen LogP contribution in [0.25, 0.3) is 22.2 Å². The molecule has 0 N–H and O–H groups in total. The van der Waals surface area contributed by atoms with Crippen LogP contribution in [0.4, 0.5) is 0 Å². The number of nitrogens with zero attached hydrogens (tertiary/aromatic N) is 1. The molecule has 0 atom stereocenters. The van der Waals surface area contributed by atoms with E-state index in [0.717, 1.165) is 39.7 Å². The summed E-state index contributed by atoms with van der Waals surface area (Å²) in [6.45, 7) is 2.17. The van der Waals surface area contributed by atoms with E-state index in [9.17, 15) is 0 Å². The molecule has 4 aromatic rings. The normalized spacial score (nSPS) is 10.3. The molecule has 3 aromatic carbocycles. The highest BCUT2D eigenvalue weighted by molar-refractivity contribution is 5.83. The first-order chi connectivity index (χ1) is 12.8. The Morgan fingerprint density at radius 1 is 0.731 bits per heavy atom. The van der Waals surface area contributed by atoms with Gasteiger partial charge < -0.3 is 0 Å². The molecule has 26 heavy (non-hydrogen) atoms. The summed E-state index contributed by atoms with van der Waals surface area (Å²) in [6, 6.07) is 29.1. The summed E-state index contributed by atoms with van der Waals surface area (Å²) in [6.07, 6.45) is 1.05. The highest BCUT2D eigenvalue weighted by atomic mass is 14.7. The van der Waals surface area contributed by atoms with Crippen molar-refractivity contribution in [3.63, 3.8) is 0 Å². The Labute approximate surface area is 154 Å². The molecule has 1 heterocycles. The van der Waals surface area contributed by atoms with Crippen molar-refractivity contribution in [1.29, 1.82) is 0 Å². The Morgan fingerprint density at radius 2 is 1.50 bits per heavy atom. The second-order valence-electron chi connectivity index (χ2n) is 6.27. The van der Waals surface area contributed by atoms with Crippen LogP contribution in [-0.4, -0.2) is 4.98 Å². The number of fused-ring (bicyclic) bond motifs is 1. The smallest absolute Gasteiger partial charge is 0.0710 e.